The predicted molar refractivity (Wildman–Crippen MR) is 79.3 cm³/mol. The van der Waals surface area contributed by atoms with Crippen LogP contribution in [0.3, 0.4) is 0 Å². The number of ether oxygens (including phenoxy) is 1. The molecule has 1 amide bonds. The maximum Gasteiger partial charge on any atom is 0.325 e. The summed E-state index contributed by atoms with van der Waals surface area (Å²) in [6.07, 6.45) is 0. The Morgan fingerprint density at radius 3 is 2.67 bits per heavy atom. The second-order valence-electron chi connectivity index (χ2n) is 4.79. The molecule has 0 radical (unpaired) electrons. The van der Waals surface area contributed by atoms with Crippen LogP contribution in [0, 0.1) is 0 Å². The number of aliphatic carboxylic acids is 1. The molecule has 1 aromatic rings. The van der Waals surface area contributed by atoms with Crippen LogP contribution in [0.4, 0.5) is 0 Å². The molecule has 0 fully saturated rings. The molecule has 21 heavy (non-hydrogen) atoms. The van der Waals surface area contributed by atoms with E-state index in [1.54, 1.807) is 24.3 Å². The molecule has 0 aliphatic carbocycles. The topological polar surface area (TPSA) is 87.7 Å². The van der Waals surface area contributed by atoms with Crippen molar-refractivity contribution >= 4 is 11.9 Å². The minimum atomic E-state index is -0.973. The van der Waals surface area contributed by atoms with E-state index in [2.05, 4.69) is 10.6 Å². The summed E-state index contributed by atoms with van der Waals surface area (Å²) >= 11 is 0. The fraction of sp³-hybridized carbons (Fsp3) is 0.467. The second-order valence-corrected chi connectivity index (χ2v) is 4.79. The van der Waals surface area contributed by atoms with Gasteiger partial charge in [-0.1, -0.05) is 12.1 Å². The zero-order valence-electron chi connectivity index (χ0n) is 12.6. The summed E-state index contributed by atoms with van der Waals surface area (Å²) in [4.78, 5) is 22.4. The van der Waals surface area contributed by atoms with Crippen LogP contribution in [0.5, 0.6) is 5.75 Å². The molecule has 3 N–H and O–H groups in total. The van der Waals surface area contributed by atoms with Crippen molar-refractivity contribution in [1.82, 2.24) is 10.6 Å². The molecule has 2 unspecified atom stereocenters. The Balaban J connectivity index is 2.75. The van der Waals surface area contributed by atoms with E-state index in [9.17, 15) is 14.7 Å². The summed E-state index contributed by atoms with van der Waals surface area (Å²) in [5.41, 5.74) is 0.614. The molecule has 6 heteroatoms. The molecular formula is C15H22N2O4. The predicted octanol–water partition coefficient (Wildman–Crippen LogP) is 1.33. The molecule has 6 nitrogen and oxygen atoms in total. The van der Waals surface area contributed by atoms with Gasteiger partial charge in [0, 0.05) is 19.5 Å². The van der Waals surface area contributed by atoms with E-state index in [0.29, 0.717) is 24.5 Å². The molecule has 0 saturated carbocycles. The Hall–Kier alpha value is -2.08. The number of benzene rings is 1. The zero-order valence-corrected chi connectivity index (χ0v) is 12.6. The van der Waals surface area contributed by atoms with Gasteiger partial charge in [0.1, 0.15) is 11.8 Å². The van der Waals surface area contributed by atoms with E-state index in [-0.39, 0.29) is 11.9 Å². The van der Waals surface area contributed by atoms with Crippen molar-refractivity contribution < 1.29 is 19.4 Å². The first-order valence-electron chi connectivity index (χ1n) is 6.90. The van der Waals surface area contributed by atoms with Crippen LogP contribution in [-0.2, 0) is 9.59 Å². The third-order valence-corrected chi connectivity index (χ3v) is 2.83. The summed E-state index contributed by atoms with van der Waals surface area (Å²) < 4.78 is 5.38. The molecule has 1 rings (SSSR count). The lowest BCUT2D eigenvalue weighted by molar-refractivity contribution is -0.139. The normalized spacial score (nSPS) is 13.3. The van der Waals surface area contributed by atoms with E-state index in [1.165, 1.54) is 6.92 Å². The number of carbonyl (C=O) groups excluding carboxylic acids is 1. The Morgan fingerprint density at radius 2 is 2.10 bits per heavy atom. The molecule has 0 spiro atoms. The van der Waals surface area contributed by atoms with Crippen LogP contribution in [-0.4, -0.2) is 36.2 Å². The standard InChI is InChI=1S/C15H22N2O4/c1-4-21-13-7-5-6-12(8-13)14(15(19)20)16-9-10(2)17-11(3)18/h5-8,10,14,16H,4,9H2,1-3H3,(H,17,18)(H,19,20). The number of carboxylic acid groups (broad SMARTS) is 1. The van der Waals surface area contributed by atoms with Crippen molar-refractivity contribution in [3.05, 3.63) is 29.8 Å². The van der Waals surface area contributed by atoms with Gasteiger partial charge in [0.2, 0.25) is 5.91 Å². The fourth-order valence-electron chi connectivity index (χ4n) is 1.99. The van der Waals surface area contributed by atoms with Gasteiger partial charge in [-0.2, -0.15) is 0 Å². The lowest BCUT2D eigenvalue weighted by atomic mass is 10.1. The van der Waals surface area contributed by atoms with Crippen molar-refractivity contribution in [3.63, 3.8) is 0 Å². The van der Waals surface area contributed by atoms with Gasteiger partial charge < -0.3 is 15.2 Å². The fourth-order valence-corrected chi connectivity index (χ4v) is 1.99. The molecular weight excluding hydrogens is 272 g/mol. The maximum absolute atomic E-state index is 11.4. The molecule has 0 saturated heterocycles. The summed E-state index contributed by atoms with van der Waals surface area (Å²) in [6, 6.07) is 5.98. The number of carboxylic acids is 1. The minimum absolute atomic E-state index is 0.144. The average molecular weight is 294 g/mol. The van der Waals surface area contributed by atoms with Gasteiger partial charge in [-0.25, -0.2) is 0 Å². The third-order valence-electron chi connectivity index (χ3n) is 2.83. The van der Waals surface area contributed by atoms with Crippen LogP contribution in [0.15, 0.2) is 24.3 Å². The van der Waals surface area contributed by atoms with Gasteiger partial charge in [-0.15, -0.1) is 0 Å². The quantitative estimate of drug-likeness (QED) is 0.673. The lowest BCUT2D eigenvalue weighted by Gasteiger charge is -2.19. The van der Waals surface area contributed by atoms with Crippen LogP contribution < -0.4 is 15.4 Å². The number of hydrogen-bond donors (Lipinski definition) is 3. The number of nitrogens with one attached hydrogen (secondary N) is 2. The van der Waals surface area contributed by atoms with Crippen molar-refractivity contribution in [2.24, 2.45) is 0 Å². The number of hydrogen-bond acceptors (Lipinski definition) is 4. The van der Waals surface area contributed by atoms with E-state index in [0.717, 1.165) is 0 Å². The van der Waals surface area contributed by atoms with Crippen LogP contribution in [0.25, 0.3) is 0 Å². The van der Waals surface area contributed by atoms with Gasteiger partial charge in [0.15, 0.2) is 0 Å². The van der Waals surface area contributed by atoms with Crippen molar-refractivity contribution in [2.75, 3.05) is 13.2 Å². The Bertz CT molecular complexity index is 490. The molecule has 0 bridgehead atoms. The molecule has 0 aliphatic rings. The van der Waals surface area contributed by atoms with Gasteiger partial charge in [0.25, 0.3) is 0 Å². The highest BCUT2D eigenvalue weighted by atomic mass is 16.5. The summed E-state index contributed by atoms with van der Waals surface area (Å²) in [7, 11) is 0. The van der Waals surface area contributed by atoms with E-state index in [4.69, 9.17) is 4.74 Å². The highest BCUT2D eigenvalue weighted by Crippen LogP contribution is 2.19. The van der Waals surface area contributed by atoms with Gasteiger partial charge in [-0.05, 0) is 31.5 Å². The van der Waals surface area contributed by atoms with E-state index in [1.807, 2.05) is 13.8 Å². The van der Waals surface area contributed by atoms with E-state index < -0.39 is 12.0 Å². The van der Waals surface area contributed by atoms with E-state index >= 15 is 0 Å². The van der Waals surface area contributed by atoms with Crippen molar-refractivity contribution in [2.45, 2.75) is 32.9 Å². The zero-order chi connectivity index (χ0) is 15.8. The maximum atomic E-state index is 11.4. The lowest BCUT2D eigenvalue weighted by Crippen LogP contribution is -2.41. The monoisotopic (exact) mass is 294 g/mol. The van der Waals surface area contributed by atoms with Crippen LogP contribution >= 0.6 is 0 Å². The smallest absolute Gasteiger partial charge is 0.325 e. The molecule has 0 aliphatic heterocycles. The Kier molecular flexibility index (Phi) is 6.68. The highest BCUT2D eigenvalue weighted by Gasteiger charge is 2.20. The average Bonchev–Trinajstić information content (AvgIpc) is 2.38. The van der Waals surface area contributed by atoms with Gasteiger partial charge >= 0.3 is 5.97 Å². The first-order valence-corrected chi connectivity index (χ1v) is 6.90. The first kappa shape index (κ1) is 17.0. The van der Waals surface area contributed by atoms with Crippen LogP contribution in [0.2, 0.25) is 0 Å². The van der Waals surface area contributed by atoms with Crippen molar-refractivity contribution in [3.8, 4) is 5.75 Å². The molecule has 116 valence electrons. The Labute approximate surface area is 124 Å². The number of rotatable bonds is 8. The first-order chi connectivity index (χ1) is 9.93. The number of carbonyl (C=O) groups is 2. The SMILES string of the molecule is CCOc1cccc(C(NCC(C)NC(C)=O)C(=O)O)c1. The summed E-state index contributed by atoms with van der Waals surface area (Å²) in [5.74, 6) is -0.480. The highest BCUT2D eigenvalue weighted by molar-refractivity contribution is 5.76. The summed E-state index contributed by atoms with van der Waals surface area (Å²) in [6.45, 7) is 5.99. The minimum Gasteiger partial charge on any atom is -0.494 e. The van der Waals surface area contributed by atoms with Gasteiger partial charge in [-0.3, -0.25) is 14.9 Å². The van der Waals surface area contributed by atoms with Gasteiger partial charge in [0.05, 0.1) is 6.61 Å². The Morgan fingerprint density at radius 1 is 1.38 bits per heavy atom. The molecule has 1 aromatic carbocycles. The molecule has 2 atom stereocenters. The summed E-state index contributed by atoms with van der Waals surface area (Å²) in [5, 5.41) is 15.0. The molecule has 0 heterocycles. The third kappa shape index (κ3) is 5.83. The van der Waals surface area contributed by atoms with Crippen LogP contribution in [0.1, 0.15) is 32.4 Å². The van der Waals surface area contributed by atoms with Crippen molar-refractivity contribution in [1.29, 1.82) is 0 Å². The second kappa shape index (κ2) is 8.26. The number of amides is 1. The largest absolute Gasteiger partial charge is 0.494 e. The molecule has 0 aromatic heterocycles.